The van der Waals surface area contributed by atoms with Crippen LogP contribution in [0.25, 0.3) is 0 Å². The molecule has 3 aliphatic rings. The van der Waals surface area contributed by atoms with Gasteiger partial charge in [-0.1, -0.05) is 12.8 Å². The first kappa shape index (κ1) is 17.8. The molecule has 144 valence electrons. The Hall–Kier alpha value is -2.57. The van der Waals surface area contributed by atoms with Gasteiger partial charge in [-0.2, -0.15) is 0 Å². The van der Waals surface area contributed by atoms with E-state index in [9.17, 15) is 14.4 Å². The largest absolute Gasteiger partial charge is 0.497 e. The fourth-order valence-corrected chi connectivity index (χ4v) is 4.41. The molecular formula is C20H25N3O4. The molecule has 1 aromatic carbocycles. The summed E-state index contributed by atoms with van der Waals surface area (Å²) < 4.78 is 5.13. The minimum atomic E-state index is -0.498. The average molecular weight is 371 g/mol. The van der Waals surface area contributed by atoms with E-state index in [1.54, 1.807) is 36.3 Å². The van der Waals surface area contributed by atoms with Gasteiger partial charge < -0.3 is 15.0 Å². The monoisotopic (exact) mass is 371 g/mol. The van der Waals surface area contributed by atoms with Crippen LogP contribution in [0, 0.1) is 5.92 Å². The van der Waals surface area contributed by atoms with Crippen molar-refractivity contribution in [3.63, 3.8) is 0 Å². The van der Waals surface area contributed by atoms with Gasteiger partial charge in [0.05, 0.1) is 12.8 Å². The Bertz CT molecular complexity index is 742. The highest BCUT2D eigenvalue weighted by molar-refractivity contribution is 6.21. The fourth-order valence-electron chi connectivity index (χ4n) is 4.41. The summed E-state index contributed by atoms with van der Waals surface area (Å²) in [6.45, 7) is 0.484. The summed E-state index contributed by atoms with van der Waals surface area (Å²) >= 11 is 0. The van der Waals surface area contributed by atoms with Crippen LogP contribution in [0.1, 0.15) is 38.5 Å². The fraction of sp³-hybridized carbons (Fsp3) is 0.550. The molecule has 4 rings (SSSR count). The number of piperidine rings is 1. The number of anilines is 1. The molecule has 0 bridgehead atoms. The lowest BCUT2D eigenvalue weighted by Gasteiger charge is -2.33. The van der Waals surface area contributed by atoms with Crippen molar-refractivity contribution < 1.29 is 19.1 Å². The highest BCUT2D eigenvalue weighted by Gasteiger charge is 2.48. The summed E-state index contributed by atoms with van der Waals surface area (Å²) in [4.78, 5) is 40.9. The van der Waals surface area contributed by atoms with E-state index < -0.39 is 6.04 Å². The van der Waals surface area contributed by atoms with E-state index in [4.69, 9.17) is 4.74 Å². The maximum absolute atomic E-state index is 12.9. The van der Waals surface area contributed by atoms with Crippen molar-refractivity contribution >= 4 is 23.5 Å². The van der Waals surface area contributed by atoms with Gasteiger partial charge in [0.1, 0.15) is 11.8 Å². The number of carbonyl (C=O) groups excluding carboxylic acids is 3. The van der Waals surface area contributed by atoms with Crippen LogP contribution in [0.5, 0.6) is 5.75 Å². The van der Waals surface area contributed by atoms with Crippen LogP contribution in [0.3, 0.4) is 0 Å². The summed E-state index contributed by atoms with van der Waals surface area (Å²) in [5.74, 6) is 0.671. The molecule has 0 aromatic heterocycles. The number of carbonyl (C=O) groups is 3. The van der Waals surface area contributed by atoms with Crippen molar-refractivity contribution in [2.75, 3.05) is 18.6 Å². The van der Waals surface area contributed by atoms with Crippen LogP contribution in [-0.4, -0.2) is 48.5 Å². The summed E-state index contributed by atoms with van der Waals surface area (Å²) in [6, 6.07) is 6.07. The second-order valence-electron chi connectivity index (χ2n) is 7.57. The number of nitrogens with one attached hydrogen (secondary N) is 1. The normalized spacial score (nSPS) is 25.7. The first-order valence-corrected chi connectivity index (χ1v) is 9.67. The second kappa shape index (κ2) is 7.21. The van der Waals surface area contributed by atoms with Crippen LogP contribution in [0.4, 0.5) is 10.5 Å². The summed E-state index contributed by atoms with van der Waals surface area (Å²) in [7, 11) is 1.57. The van der Waals surface area contributed by atoms with E-state index in [-0.39, 0.29) is 29.8 Å². The average Bonchev–Trinajstić information content (AvgIpc) is 3.30. The molecule has 27 heavy (non-hydrogen) atoms. The molecule has 7 nitrogen and oxygen atoms in total. The minimum Gasteiger partial charge on any atom is -0.497 e. The van der Waals surface area contributed by atoms with Crippen LogP contribution >= 0.6 is 0 Å². The van der Waals surface area contributed by atoms with Crippen molar-refractivity contribution in [3.05, 3.63) is 24.3 Å². The molecule has 0 radical (unpaired) electrons. The molecule has 2 aliphatic heterocycles. The number of methoxy groups -OCH3 is 1. The zero-order valence-corrected chi connectivity index (χ0v) is 15.5. The molecule has 2 heterocycles. The topological polar surface area (TPSA) is 79.0 Å². The minimum absolute atomic E-state index is 0.0492. The highest BCUT2D eigenvalue weighted by atomic mass is 16.5. The van der Waals surface area contributed by atoms with E-state index in [1.165, 1.54) is 4.90 Å². The molecular weight excluding hydrogens is 346 g/mol. The van der Waals surface area contributed by atoms with Gasteiger partial charge in [-0.25, -0.2) is 9.69 Å². The Morgan fingerprint density at radius 1 is 1.11 bits per heavy atom. The quantitative estimate of drug-likeness (QED) is 0.824. The number of amides is 4. The molecule has 2 saturated heterocycles. The molecule has 1 saturated carbocycles. The number of urea groups is 1. The maximum Gasteiger partial charge on any atom is 0.332 e. The third-order valence-corrected chi connectivity index (χ3v) is 5.95. The molecule has 0 spiro atoms. The SMILES string of the molecule is COc1ccc(N2C(=O)[C@H]3C[C@@H](NC(=O)C4CCCC4)CCN3C2=O)cc1. The van der Waals surface area contributed by atoms with Crippen molar-refractivity contribution in [1.82, 2.24) is 10.2 Å². The van der Waals surface area contributed by atoms with E-state index in [0.29, 0.717) is 30.8 Å². The molecule has 1 aromatic rings. The molecule has 1 N–H and O–H groups in total. The number of ether oxygens (including phenoxy) is 1. The van der Waals surface area contributed by atoms with E-state index >= 15 is 0 Å². The van der Waals surface area contributed by atoms with Crippen LogP contribution < -0.4 is 15.0 Å². The van der Waals surface area contributed by atoms with Crippen LogP contribution in [0.15, 0.2) is 24.3 Å². The smallest absolute Gasteiger partial charge is 0.332 e. The van der Waals surface area contributed by atoms with E-state index in [1.807, 2.05) is 0 Å². The Balaban J connectivity index is 1.44. The molecule has 4 amide bonds. The molecule has 1 aliphatic carbocycles. The van der Waals surface area contributed by atoms with Crippen molar-refractivity contribution in [2.45, 2.75) is 50.6 Å². The number of hydrogen-bond acceptors (Lipinski definition) is 4. The molecule has 3 fully saturated rings. The Labute approximate surface area is 158 Å². The van der Waals surface area contributed by atoms with Crippen LogP contribution in [0.2, 0.25) is 0 Å². The Kier molecular flexibility index (Phi) is 4.76. The van der Waals surface area contributed by atoms with E-state index in [0.717, 1.165) is 25.7 Å². The summed E-state index contributed by atoms with van der Waals surface area (Å²) in [6.07, 6.45) is 5.31. The second-order valence-corrected chi connectivity index (χ2v) is 7.57. The van der Waals surface area contributed by atoms with Gasteiger partial charge in [-0.15, -0.1) is 0 Å². The molecule has 7 heteroatoms. The third kappa shape index (κ3) is 3.26. The molecule has 2 atom stereocenters. The Morgan fingerprint density at radius 3 is 2.48 bits per heavy atom. The number of nitrogens with zero attached hydrogens (tertiary/aromatic N) is 2. The van der Waals surface area contributed by atoms with Gasteiger partial charge in [0.15, 0.2) is 0 Å². The summed E-state index contributed by atoms with van der Waals surface area (Å²) in [5, 5.41) is 3.11. The van der Waals surface area contributed by atoms with Gasteiger partial charge in [0.25, 0.3) is 5.91 Å². The Morgan fingerprint density at radius 2 is 1.81 bits per heavy atom. The first-order valence-electron chi connectivity index (χ1n) is 9.67. The predicted octanol–water partition coefficient (Wildman–Crippen LogP) is 2.30. The van der Waals surface area contributed by atoms with Crippen molar-refractivity contribution in [3.8, 4) is 5.75 Å². The lowest BCUT2D eigenvalue weighted by Crippen LogP contribution is -2.50. The lowest BCUT2D eigenvalue weighted by atomic mass is 9.96. The number of fused-ring (bicyclic) bond motifs is 1. The van der Waals surface area contributed by atoms with Gasteiger partial charge >= 0.3 is 6.03 Å². The number of benzene rings is 1. The lowest BCUT2D eigenvalue weighted by molar-refractivity contribution is -0.127. The van der Waals surface area contributed by atoms with Gasteiger partial charge in [0.2, 0.25) is 5.91 Å². The van der Waals surface area contributed by atoms with Crippen molar-refractivity contribution in [2.24, 2.45) is 5.92 Å². The van der Waals surface area contributed by atoms with Gasteiger partial charge in [0, 0.05) is 18.5 Å². The van der Waals surface area contributed by atoms with Crippen LogP contribution in [-0.2, 0) is 9.59 Å². The standard InChI is InChI=1S/C20H25N3O4/c1-27-16-8-6-15(7-9-16)23-19(25)17-12-14(10-11-22(17)20(23)26)21-18(24)13-4-2-3-5-13/h6-9,13-14,17H,2-5,10-12H2,1H3,(H,21,24)/t14-,17+/m0/s1. The third-order valence-electron chi connectivity index (χ3n) is 5.95. The zero-order chi connectivity index (χ0) is 19.0. The predicted molar refractivity (Wildman–Crippen MR) is 99.5 cm³/mol. The number of imide groups is 1. The maximum atomic E-state index is 12.9. The number of hydrogen-bond donors (Lipinski definition) is 1. The van der Waals surface area contributed by atoms with E-state index in [2.05, 4.69) is 5.32 Å². The zero-order valence-electron chi connectivity index (χ0n) is 15.5. The first-order chi connectivity index (χ1) is 13.1. The molecule has 0 unspecified atom stereocenters. The van der Waals surface area contributed by atoms with Gasteiger partial charge in [-0.05, 0) is 49.9 Å². The van der Waals surface area contributed by atoms with Crippen molar-refractivity contribution in [1.29, 1.82) is 0 Å². The summed E-state index contributed by atoms with van der Waals surface area (Å²) in [5.41, 5.74) is 0.548. The van der Waals surface area contributed by atoms with Gasteiger partial charge in [-0.3, -0.25) is 9.59 Å². The highest BCUT2D eigenvalue weighted by Crippen LogP contribution is 2.32. The number of rotatable bonds is 4.